The molecule has 3 N–H and O–H groups in total. The van der Waals surface area contributed by atoms with Crippen molar-refractivity contribution in [3.63, 3.8) is 0 Å². The van der Waals surface area contributed by atoms with Gasteiger partial charge in [-0.2, -0.15) is 0 Å². The number of halogens is 1. The van der Waals surface area contributed by atoms with E-state index in [2.05, 4.69) is 25.9 Å². The molecule has 1 unspecified atom stereocenters. The highest BCUT2D eigenvalue weighted by Crippen LogP contribution is 2.27. The number of nitrogens with zero attached hydrogens (tertiary/aromatic N) is 1. The number of hydrogen-bond donors (Lipinski definition) is 2. The second-order valence-corrected chi connectivity index (χ2v) is 5.40. The van der Waals surface area contributed by atoms with Gasteiger partial charge >= 0.3 is 0 Å². The molecule has 0 saturated heterocycles. The first kappa shape index (κ1) is 13.1. The van der Waals surface area contributed by atoms with Crippen LogP contribution in [0, 0.1) is 0 Å². The zero-order chi connectivity index (χ0) is 13.9. The third kappa shape index (κ3) is 2.53. The van der Waals surface area contributed by atoms with E-state index in [1.54, 1.807) is 0 Å². The minimum atomic E-state index is -0.243. The summed E-state index contributed by atoms with van der Waals surface area (Å²) < 4.78 is 1.03. The highest BCUT2D eigenvalue weighted by Gasteiger charge is 2.13. The van der Waals surface area contributed by atoms with Gasteiger partial charge in [-0.15, -0.1) is 0 Å². The molecule has 0 aliphatic carbocycles. The van der Waals surface area contributed by atoms with Crippen LogP contribution in [0.4, 0.5) is 0 Å². The quantitative estimate of drug-likeness (QED) is 0.766. The van der Waals surface area contributed by atoms with Gasteiger partial charge in [-0.05, 0) is 11.6 Å². The second-order valence-electron chi connectivity index (χ2n) is 4.55. The number of aromatic amines is 1. The number of H-pyrrole nitrogens is 1. The Labute approximate surface area is 126 Å². The summed E-state index contributed by atoms with van der Waals surface area (Å²) >= 11 is 3.55. The van der Waals surface area contributed by atoms with E-state index >= 15 is 0 Å². The van der Waals surface area contributed by atoms with E-state index in [1.807, 2.05) is 60.8 Å². The minimum Gasteiger partial charge on any atom is -0.340 e. The predicted molar refractivity (Wildman–Crippen MR) is 84.2 cm³/mol. The molecule has 1 aromatic heterocycles. The maximum absolute atomic E-state index is 6.24. The Hall–Kier alpha value is -1.91. The fourth-order valence-corrected chi connectivity index (χ4v) is 2.63. The first-order valence-corrected chi connectivity index (χ1v) is 7.15. The van der Waals surface area contributed by atoms with Crippen LogP contribution in [0.1, 0.15) is 17.4 Å². The molecular weight excluding hydrogens is 314 g/mol. The van der Waals surface area contributed by atoms with Crippen LogP contribution in [-0.4, -0.2) is 9.97 Å². The maximum Gasteiger partial charge on any atom is 0.128 e. The Bertz CT molecular complexity index is 707. The van der Waals surface area contributed by atoms with Crippen molar-refractivity contribution in [2.45, 2.75) is 6.04 Å². The Morgan fingerprint density at radius 1 is 1.00 bits per heavy atom. The Morgan fingerprint density at radius 2 is 1.70 bits per heavy atom. The van der Waals surface area contributed by atoms with Crippen molar-refractivity contribution in [2.24, 2.45) is 5.73 Å². The molecule has 0 aliphatic heterocycles. The normalized spacial score (nSPS) is 12.3. The Morgan fingerprint density at radius 3 is 2.45 bits per heavy atom. The molecule has 0 saturated carbocycles. The van der Waals surface area contributed by atoms with E-state index in [0.717, 1.165) is 27.1 Å². The van der Waals surface area contributed by atoms with Crippen molar-refractivity contribution >= 4 is 15.9 Å². The summed E-state index contributed by atoms with van der Waals surface area (Å²) in [5, 5.41) is 0. The van der Waals surface area contributed by atoms with Gasteiger partial charge in [-0.1, -0.05) is 64.5 Å². The van der Waals surface area contributed by atoms with E-state index < -0.39 is 0 Å². The van der Waals surface area contributed by atoms with Crippen LogP contribution < -0.4 is 5.73 Å². The third-order valence-corrected chi connectivity index (χ3v) is 3.90. The van der Waals surface area contributed by atoms with E-state index in [1.165, 1.54) is 0 Å². The highest BCUT2D eigenvalue weighted by atomic mass is 79.9. The van der Waals surface area contributed by atoms with Gasteiger partial charge in [-0.25, -0.2) is 4.98 Å². The van der Waals surface area contributed by atoms with Gasteiger partial charge in [0.1, 0.15) is 5.82 Å². The van der Waals surface area contributed by atoms with Crippen LogP contribution in [0.2, 0.25) is 0 Å². The first-order valence-electron chi connectivity index (χ1n) is 6.36. The van der Waals surface area contributed by atoms with Crippen LogP contribution >= 0.6 is 15.9 Å². The lowest BCUT2D eigenvalue weighted by molar-refractivity contribution is 0.801. The molecular formula is C16H14BrN3. The van der Waals surface area contributed by atoms with Crippen LogP contribution in [0.5, 0.6) is 0 Å². The molecule has 1 heterocycles. The molecule has 0 aliphatic rings. The zero-order valence-electron chi connectivity index (χ0n) is 10.8. The van der Waals surface area contributed by atoms with Crippen LogP contribution in [0.15, 0.2) is 65.3 Å². The Balaban J connectivity index is 1.93. The monoisotopic (exact) mass is 327 g/mol. The average molecular weight is 328 g/mol. The summed E-state index contributed by atoms with van der Waals surface area (Å²) in [6, 6.07) is 17.7. The molecule has 4 heteroatoms. The summed E-state index contributed by atoms with van der Waals surface area (Å²) in [5.41, 5.74) is 9.32. The molecule has 100 valence electrons. The number of benzene rings is 2. The first-order chi connectivity index (χ1) is 9.75. The zero-order valence-corrected chi connectivity index (χ0v) is 12.3. The topological polar surface area (TPSA) is 54.7 Å². The van der Waals surface area contributed by atoms with E-state index in [0.29, 0.717) is 0 Å². The second kappa shape index (κ2) is 5.61. The van der Waals surface area contributed by atoms with Crippen molar-refractivity contribution in [3.8, 4) is 11.3 Å². The van der Waals surface area contributed by atoms with Gasteiger partial charge in [0.25, 0.3) is 0 Å². The molecule has 0 bridgehead atoms. The van der Waals surface area contributed by atoms with E-state index in [-0.39, 0.29) is 6.04 Å². The van der Waals surface area contributed by atoms with Gasteiger partial charge in [0, 0.05) is 10.0 Å². The molecule has 2 aromatic carbocycles. The van der Waals surface area contributed by atoms with Crippen molar-refractivity contribution < 1.29 is 0 Å². The maximum atomic E-state index is 6.24. The molecule has 0 fully saturated rings. The molecule has 1 atom stereocenters. The molecule has 0 radical (unpaired) electrons. The van der Waals surface area contributed by atoms with Crippen LogP contribution in [0.3, 0.4) is 0 Å². The third-order valence-electron chi connectivity index (χ3n) is 3.21. The molecule has 3 nitrogen and oxygen atoms in total. The fourth-order valence-electron chi connectivity index (χ4n) is 2.13. The number of aromatic nitrogens is 2. The summed E-state index contributed by atoms with van der Waals surface area (Å²) in [6.45, 7) is 0. The number of nitrogens with two attached hydrogens (primary N) is 1. The molecule has 3 aromatic rings. The lowest BCUT2D eigenvalue weighted by Gasteiger charge is -2.08. The highest BCUT2D eigenvalue weighted by molar-refractivity contribution is 9.10. The number of rotatable bonds is 3. The van der Waals surface area contributed by atoms with E-state index in [9.17, 15) is 0 Å². The van der Waals surface area contributed by atoms with Gasteiger partial charge in [0.15, 0.2) is 0 Å². The predicted octanol–water partition coefficient (Wildman–Crippen LogP) is 3.89. The average Bonchev–Trinajstić information content (AvgIpc) is 2.97. The lowest BCUT2D eigenvalue weighted by atomic mass is 10.1. The summed E-state index contributed by atoms with van der Waals surface area (Å²) in [5.74, 6) is 0.766. The SMILES string of the molecule is NC(c1ccccc1)c1ncc(-c2ccccc2Br)[nH]1. The van der Waals surface area contributed by atoms with Crippen molar-refractivity contribution in [1.82, 2.24) is 9.97 Å². The van der Waals surface area contributed by atoms with Gasteiger partial charge in [0.2, 0.25) is 0 Å². The lowest BCUT2D eigenvalue weighted by Crippen LogP contribution is -2.13. The molecule has 0 spiro atoms. The van der Waals surface area contributed by atoms with Crippen LogP contribution in [-0.2, 0) is 0 Å². The van der Waals surface area contributed by atoms with Crippen molar-refractivity contribution in [1.29, 1.82) is 0 Å². The molecule has 20 heavy (non-hydrogen) atoms. The van der Waals surface area contributed by atoms with Gasteiger partial charge in [-0.3, -0.25) is 0 Å². The smallest absolute Gasteiger partial charge is 0.128 e. The standard InChI is InChI=1S/C16H14BrN3/c17-13-9-5-4-8-12(13)14-10-19-16(20-14)15(18)11-6-2-1-3-7-11/h1-10,15H,18H2,(H,19,20). The minimum absolute atomic E-state index is 0.243. The molecule has 0 amide bonds. The largest absolute Gasteiger partial charge is 0.340 e. The van der Waals surface area contributed by atoms with Crippen molar-refractivity contribution in [3.05, 3.63) is 76.7 Å². The number of nitrogens with one attached hydrogen (secondary N) is 1. The Kier molecular flexibility index (Phi) is 3.67. The van der Waals surface area contributed by atoms with Gasteiger partial charge in [0.05, 0.1) is 17.9 Å². The number of imidazole rings is 1. The summed E-state index contributed by atoms with van der Waals surface area (Å²) in [7, 11) is 0. The summed E-state index contributed by atoms with van der Waals surface area (Å²) in [4.78, 5) is 7.71. The van der Waals surface area contributed by atoms with E-state index in [4.69, 9.17) is 5.73 Å². The molecule has 3 rings (SSSR count). The number of hydrogen-bond acceptors (Lipinski definition) is 2. The fraction of sp³-hybridized carbons (Fsp3) is 0.0625. The van der Waals surface area contributed by atoms with Gasteiger partial charge < -0.3 is 10.7 Å². The van der Waals surface area contributed by atoms with Crippen LogP contribution in [0.25, 0.3) is 11.3 Å². The van der Waals surface area contributed by atoms with Crippen molar-refractivity contribution in [2.75, 3.05) is 0 Å². The summed E-state index contributed by atoms with van der Waals surface area (Å²) in [6.07, 6.45) is 1.82.